The van der Waals surface area contributed by atoms with Gasteiger partial charge in [0.05, 0.1) is 23.5 Å². The lowest BCUT2D eigenvalue weighted by Gasteiger charge is -2.11. The zero-order valence-electron chi connectivity index (χ0n) is 10.2. The molecular formula is C10H13ClN6O. The maximum atomic E-state index is 6.11. The third-order valence-electron chi connectivity index (χ3n) is 2.53. The number of hydrogen-bond donors (Lipinski definition) is 2. The van der Waals surface area contributed by atoms with Gasteiger partial charge >= 0.3 is 0 Å². The van der Waals surface area contributed by atoms with E-state index in [1.54, 1.807) is 4.68 Å². The third kappa shape index (κ3) is 1.87. The van der Waals surface area contributed by atoms with Crippen molar-refractivity contribution < 1.29 is 4.74 Å². The fraction of sp³-hybridized carbons (Fsp3) is 0.300. The Morgan fingerprint density at radius 3 is 2.61 bits per heavy atom. The van der Waals surface area contributed by atoms with Crippen LogP contribution in [0.3, 0.4) is 0 Å². The van der Waals surface area contributed by atoms with E-state index in [-0.39, 0.29) is 0 Å². The number of nitrogens with zero attached hydrogens (tertiary/aromatic N) is 4. The molecule has 0 bridgehead atoms. The number of rotatable bonds is 3. The Kier molecular flexibility index (Phi) is 3.35. The van der Waals surface area contributed by atoms with Crippen molar-refractivity contribution in [3.05, 3.63) is 22.7 Å². The maximum Gasteiger partial charge on any atom is 0.207 e. The summed E-state index contributed by atoms with van der Waals surface area (Å²) in [6, 6.07) is 0. The Labute approximate surface area is 109 Å². The van der Waals surface area contributed by atoms with Gasteiger partial charge in [0.2, 0.25) is 11.6 Å². The van der Waals surface area contributed by atoms with Gasteiger partial charge in [-0.1, -0.05) is 11.6 Å². The highest BCUT2D eigenvalue weighted by atomic mass is 35.5. The Morgan fingerprint density at radius 2 is 2.11 bits per heavy atom. The van der Waals surface area contributed by atoms with E-state index in [1.807, 2.05) is 13.8 Å². The van der Waals surface area contributed by atoms with Gasteiger partial charge in [-0.2, -0.15) is 5.10 Å². The average Bonchev–Trinajstić information content (AvgIpc) is 2.65. The van der Waals surface area contributed by atoms with Gasteiger partial charge in [-0.05, 0) is 13.8 Å². The standard InChI is InChI=1S/C10H13ClN6O/c1-5-7(11)6(2)17(16-5)10-8(18-3)9(15-12)13-4-14-10/h4H,12H2,1-3H3,(H,13,14,15). The van der Waals surface area contributed by atoms with Gasteiger partial charge in [0, 0.05) is 0 Å². The zero-order valence-corrected chi connectivity index (χ0v) is 11.0. The maximum absolute atomic E-state index is 6.11. The van der Waals surface area contributed by atoms with E-state index in [9.17, 15) is 0 Å². The first-order chi connectivity index (χ1) is 8.60. The van der Waals surface area contributed by atoms with Crippen molar-refractivity contribution in [2.24, 2.45) is 5.84 Å². The van der Waals surface area contributed by atoms with Crippen LogP contribution in [-0.2, 0) is 0 Å². The number of hydrazine groups is 1. The van der Waals surface area contributed by atoms with Crippen LogP contribution in [0.15, 0.2) is 6.33 Å². The summed E-state index contributed by atoms with van der Waals surface area (Å²) in [6.45, 7) is 3.67. The van der Waals surface area contributed by atoms with Crippen LogP contribution in [-0.4, -0.2) is 26.9 Å². The minimum atomic E-state index is 0.381. The SMILES string of the molecule is COc1c(NN)ncnc1-n1nc(C)c(Cl)c1C. The van der Waals surface area contributed by atoms with Crippen molar-refractivity contribution in [1.82, 2.24) is 19.7 Å². The van der Waals surface area contributed by atoms with Crippen LogP contribution in [0.2, 0.25) is 5.02 Å². The molecule has 0 radical (unpaired) electrons. The first-order valence-electron chi connectivity index (χ1n) is 5.17. The normalized spacial score (nSPS) is 10.5. The second-order valence-electron chi connectivity index (χ2n) is 3.62. The largest absolute Gasteiger partial charge is 0.490 e. The molecule has 0 aliphatic rings. The van der Waals surface area contributed by atoms with Crippen LogP contribution in [0.1, 0.15) is 11.4 Å². The van der Waals surface area contributed by atoms with E-state index in [2.05, 4.69) is 20.5 Å². The Morgan fingerprint density at radius 1 is 1.39 bits per heavy atom. The molecule has 0 atom stereocenters. The lowest BCUT2D eigenvalue weighted by molar-refractivity contribution is 0.408. The van der Waals surface area contributed by atoms with Gasteiger partial charge in [-0.3, -0.25) is 0 Å². The summed E-state index contributed by atoms with van der Waals surface area (Å²) in [6.07, 6.45) is 1.37. The summed E-state index contributed by atoms with van der Waals surface area (Å²) in [7, 11) is 1.51. The van der Waals surface area contributed by atoms with Crippen molar-refractivity contribution in [2.45, 2.75) is 13.8 Å². The van der Waals surface area contributed by atoms with E-state index < -0.39 is 0 Å². The van der Waals surface area contributed by atoms with Crippen LogP contribution in [0.4, 0.5) is 5.82 Å². The van der Waals surface area contributed by atoms with Crippen molar-refractivity contribution in [1.29, 1.82) is 0 Å². The Bertz CT molecular complexity index is 582. The van der Waals surface area contributed by atoms with Gasteiger partial charge < -0.3 is 10.2 Å². The summed E-state index contributed by atoms with van der Waals surface area (Å²) in [5.74, 6) is 6.64. The number of ether oxygens (including phenoxy) is 1. The highest BCUT2D eigenvalue weighted by molar-refractivity contribution is 6.31. The smallest absolute Gasteiger partial charge is 0.207 e. The van der Waals surface area contributed by atoms with E-state index in [4.69, 9.17) is 22.2 Å². The lowest BCUT2D eigenvalue weighted by atomic mass is 10.4. The molecule has 0 amide bonds. The molecule has 96 valence electrons. The van der Waals surface area contributed by atoms with E-state index in [1.165, 1.54) is 13.4 Å². The summed E-state index contributed by atoms with van der Waals surface area (Å²) < 4.78 is 6.85. The Hall–Kier alpha value is -1.86. The first-order valence-corrected chi connectivity index (χ1v) is 5.55. The molecule has 0 fully saturated rings. The quantitative estimate of drug-likeness (QED) is 0.643. The molecule has 0 aromatic carbocycles. The number of anilines is 1. The van der Waals surface area contributed by atoms with Crippen molar-refractivity contribution in [3.63, 3.8) is 0 Å². The van der Waals surface area contributed by atoms with Gasteiger partial charge in [0.15, 0.2) is 5.82 Å². The summed E-state index contributed by atoms with van der Waals surface area (Å²) in [5, 5.41) is 4.91. The van der Waals surface area contributed by atoms with E-state index in [0.717, 1.165) is 11.4 Å². The highest BCUT2D eigenvalue weighted by Gasteiger charge is 2.18. The monoisotopic (exact) mass is 268 g/mol. The molecule has 2 aromatic heterocycles. The van der Waals surface area contributed by atoms with Crippen LogP contribution in [0.5, 0.6) is 5.75 Å². The molecule has 7 nitrogen and oxygen atoms in total. The number of halogens is 1. The zero-order chi connectivity index (χ0) is 13.3. The Balaban J connectivity index is 2.67. The van der Waals surface area contributed by atoms with E-state index in [0.29, 0.717) is 22.4 Å². The molecular weight excluding hydrogens is 256 g/mol. The minimum Gasteiger partial charge on any atom is -0.490 e. The number of nitrogens with two attached hydrogens (primary N) is 1. The molecule has 3 N–H and O–H groups in total. The number of aryl methyl sites for hydroxylation is 1. The molecule has 2 rings (SSSR count). The fourth-order valence-corrected chi connectivity index (χ4v) is 1.75. The highest BCUT2D eigenvalue weighted by Crippen LogP contribution is 2.30. The van der Waals surface area contributed by atoms with Crippen LogP contribution >= 0.6 is 11.6 Å². The van der Waals surface area contributed by atoms with Crippen molar-refractivity contribution >= 4 is 17.4 Å². The van der Waals surface area contributed by atoms with Crippen molar-refractivity contribution in [3.8, 4) is 11.6 Å². The number of nitrogen functional groups attached to an aromatic ring is 1. The number of nitrogens with one attached hydrogen (secondary N) is 1. The van der Waals surface area contributed by atoms with Crippen LogP contribution in [0, 0.1) is 13.8 Å². The van der Waals surface area contributed by atoms with Gasteiger partial charge in [0.25, 0.3) is 0 Å². The molecule has 0 spiro atoms. The second kappa shape index (κ2) is 4.79. The number of hydrogen-bond acceptors (Lipinski definition) is 6. The minimum absolute atomic E-state index is 0.381. The molecule has 0 unspecified atom stereocenters. The van der Waals surface area contributed by atoms with Gasteiger partial charge in [-0.15, -0.1) is 0 Å². The van der Waals surface area contributed by atoms with Crippen LogP contribution < -0.4 is 16.0 Å². The molecule has 18 heavy (non-hydrogen) atoms. The predicted octanol–water partition coefficient (Wildman–Crippen LogP) is 1.23. The molecule has 2 heterocycles. The summed E-state index contributed by atoms with van der Waals surface area (Å²) >= 11 is 6.11. The average molecular weight is 269 g/mol. The molecule has 2 aromatic rings. The summed E-state index contributed by atoms with van der Waals surface area (Å²) in [5.41, 5.74) is 3.94. The molecule has 8 heteroatoms. The second-order valence-corrected chi connectivity index (χ2v) is 4.00. The van der Waals surface area contributed by atoms with Crippen LogP contribution in [0.25, 0.3) is 5.82 Å². The molecule has 0 aliphatic carbocycles. The molecule has 0 aliphatic heterocycles. The van der Waals surface area contributed by atoms with Gasteiger partial charge in [0.1, 0.15) is 6.33 Å². The first kappa shape index (κ1) is 12.6. The van der Waals surface area contributed by atoms with E-state index >= 15 is 0 Å². The topological polar surface area (TPSA) is 90.9 Å². The predicted molar refractivity (Wildman–Crippen MR) is 68.0 cm³/mol. The van der Waals surface area contributed by atoms with Gasteiger partial charge in [-0.25, -0.2) is 20.5 Å². The number of aromatic nitrogens is 4. The lowest BCUT2D eigenvalue weighted by Crippen LogP contribution is -2.13. The third-order valence-corrected chi connectivity index (χ3v) is 3.08. The molecule has 0 saturated carbocycles. The molecule has 0 saturated heterocycles. The summed E-state index contributed by atoms with van der Waals surface area (Å²) in [4.78, 5) is 8.12. The van der Waals surface area contributed by atoms with Crippen molar-refractivity contribution in [2.75, 3.05) is 12.5 Å². The fourth-order valence-electron chi connectivity index (χ4n) is 1.64. The number of methoxy groups -OCH3 is 1.